The fraction of sp³-hybridized carbons (Fsp3) is 0. The van der Waals surface area contributed by atoms with Crippen molar-refractivity contribution in [2.75, 3.05) is 0 Å². The molecule has 0 aliphatic heterocycles. The Morgan fingerprint density at radius 1 is 1.08 bits per heavy atom. The van der Waals surface area contributed by atoms with Gasteiger partial charge in [0.15, 0.2) is 0 Å². The van der Waals surface area contributed by atoms with Crippen molar-refractivity contribution in [3.63, 3.8) is 0 Å². The van der Waals surface area contributed by atoms with Crippen LogP contribution in [0.15, 0.2) is 47.2 Å². The maximum atomic E-state index is 5.44. The third kappa shape index (κ3) is 0.855. The van der Waals surface area contributed by atoms with Gasteiger partial charge in [-0.05, 0) is 30.3 Å². The molecular weight excluding hydrogens is 162 g/mol. The molecule has 2 aromatic heterocycles. The van der Waals surface area contributed by atoms with Gasteiger partial charge in [0.1, 0.15) is 5.58 Å². The quantitative estimate of drug-likeness (QED) is 0.517. The zero-order chi connectivity index (χ0) is 8.67. The summed E-state index contributed by atoms with van der Waals surface area (Å²) in [6.45, 7) is 0. The van der Waals surface area contributed by atoms with Gasteiger partial charge in [-0.2, -0.15) is 0 Å². The van der Waals surface area contributed by atoms with Crippen molar-refractivity contribution in [1.29, 1.82) is 0 Å². The number of aromatic nitrogens is 1. The highest BCUT2D eigenvalue weighted by Gasteiger charge is 2.01. The van der Waals surface area contributed by atoms with Crippen molar-refractivity contribution in [3.05, 3.63) is 42.8 Å². The van der Waals surface area contributed by atoms with E-state index in [2.05, 4.69) is 4.98 Å². The summed E-state index contributed by atoms with van der Waals surface area (Å²) >= 11 is 0. The Hall–Kier alpha value is -1.83. The Balaban J connectivity index is 2.65. The monoisotopic (exact) mass is 169 g/mol. The van der Waals surface area contributed by atoms with Gasteiger partial charge >= 0.3 is 0 Å². The van der Waals surface area contributed by atoms with Crippen LogP contribution in [0.1, 0.15) is 0 Å². The largest absolute Gasteiger partial charge is 0.464 e. The Bertz CT molecular complexity index is 568. The van der Waals surface area contributed by atoms with E-state index in [-0.39, 0.29) is 0 Å². The summed E-state index contributed by atoms with van der Waals surface area (Å²) in [4.78, 5) is 4.21. The summed E-state index contributed by atoms with van der Waals surface area (Å²) < 4.78 is 5.44. The summed E-state index contributed by atoms with van der Waals surface area (Å²) in [6.07, 6.45) is 3.49. The molecule has 62 valence electrons. The van der Waals surface area contributed by atoms with E-state index in [1.165, 1.54) is 0 Å². The lowest BCUT2D eigenvalue weighted by molar-refractivity contribution is 0.607. The molecule has 0 N–H and O–H groups in total. The Morgan fingerprint density at radius 2 is 2.08 bits per heavy atom. The molecule has 0 amide bonds. The van der Waals surface area contributed by atoms with Crippen molar-refractivity contribution >= 4 is 21.9 Å². The van der Waals surface area contributed by atoms with Gasteiger partial charge < -0.3 is 4.42 Å². The first kappa shape index (κ1) is 6.66. The standard InChI is InChI=1S/C11H7NO/c1-2-8-3-4-10-9(5-6-12-10)11(8)13-7-1/h1-7H. The first-order valence-electron chi connectivity index (χ1n) is 4.16. The van der Waals surface area contributed by atoms with E-state index < -0.39 is 0 Å². The molecule has 2 heteroatoms. The van der Waals surface area contributed by atoms with Crippen LogP contribution in [0.4, 0.5) is 0 Å². The molecule has 0 saturated heterocycles. The van der Waals surface area contributed by atoms with Crippen LogP contribution in [-0.2, 0) is 0 Å². The molecule has 0 radical (unpaired) electrons. The second-order valence-corrected chi connectivity index (χ2v) is 2.97. The van der Waals surface area contributed by atoms with E-state index >= 15 is 0 Å². The minimum atomic E-state index is 0.914. The van der Waals surface area contributed by atoms with Gasteiger partial charge in [0, 0.05) is 17.0 Å². The van der Waals surface area contributed by atoms with Gasteiger partial charge in [0.05, 0.1) is 11.8 Å². The normalized spacial score (nSPS) is 11.1. The predicted octanol–water partition coefficient (Wildman–Crippen LogP) is 2.98. The third-order valence-electron chi connectivity index (χ3n) is 2.20. The summed E-state index contributed by atoms with van der Waals surface area (Å²) in [5, 5.41) is 2.20. The SMILES string of the molecule is c1coc2c(c1)ccc1nccc12. The molecule has 0 spiro atoms. The van der Waals surface area contributed by atoms with Crippen LogP contribution >= 0.6 is 0 Å². The van der Waals surface area contributed by atoms with Gasteiger partial charge in [-0.3, -0.25) is 4.98 Å². The van der Waals surface area contributed by atoms with E-state index in [0.717, 1.165) is 21.9 Å². The average molecular weight is 169 g/mol. The molecule has 0 atom stereocenters. The lowest BCUT2D eigenvalue weighted by atomic mass is 10.2. The summed E-state index contributed by atoms with van der Waals surface area (Å²) in [5.74, 6) is 0. The molecule has 1 aromatic carbocycles. The minimum Gasteiger partial charge on any atom is -0.464 e. The number of hydrogen-bond donors (Lipinski definition) is 0. The topological polar surface area (TPSA) is 26.0 Å². The highest BCUT2D eigenvalue weighted by molar-refractivity contribution is 6.02. The first-order valence-corrected chi connectivity index (χ1v) is 4.16. The fourth-order valence-electron chi connectivity index (χ4n) is 1.58. The van der Waals surface area contributed by atoms with Crippen LogP contribution < -0.4 is 0 Å². The molecule has 3 rings (SSSR count). The van der Waals surface area contributed by atoms with E-state index in [0.29, 0.717) is 0 Å². The number of rotatable bonds is 0. The summed E-state index contributed by atoms with van der Waals surface area (Å²) in [6, 6.07) is 9.93. The van der Waals surface area contributed by atoms with Crippen molar-refractivity contribution in [2.24, 2.45) is 0 Å². The highest BCUT2D eigenvalue weighted by atomic mass is 16.3. The van der Waals surface area contributed by atoms with E-state index in [1.54, 1.807) is 12.5 Å². The van der Waals surface area contributed by atoms with Crippen molar-refractivity contribution < 1.29 is 4.42 Å². The van der Waals surface area contributed by atoms with Gasteiger partial charge in [0.2, 0.25) is 0 Å². The number of hydrogen-bond acceptors (Lipinski definition) is 2. The molecule has 0 unspecified atom stereocenters. The number of nitrogens with zero attached hydrogens (tertiary/aromatic N) is 1. The predicted molar refractivity (Wildman–Crippen MR) is 51.5 cm³/mol. The van der Waals surface area contributed by atoms with Crippen molar-refractivity contribution in [3.8, 4) is 0 Å². The van der Waals surface area contributed by atoms with Gasteiger partial charge in [-0.25, -0.2) is 0 Å². The lowest BCUT2D eigenvalue weighted by Gasteiger charge is -1.96. The van der Waals surface area contributed by atoms with Gasteiger partial charge in [-0.1, -0.05) is 0 Å². The van der Waals surface area contributed by atoms with E-state index in [9.17, 15) is 0 Å². The molecule has 0 aliphatic rings. The van der Waals surface area contributed by atoms with Crippen LogP contribution in [0.5, 0.6) is 0 Å². The smallest absolute Gasteiger partial charge is 0.143 e. The Kier molecular flexibility index (Phi) is 1.19. The molecule has 0 saturated carbocycles. The van der Waals surface area contributed by atoms with E-state index in [1.807, 2.05) is 30.3 Å². The highest BCUT2D eigenvalue weighted by Crippen LogP contribution is 2.23. The van der Waals surface area contributed by atoms with Crippen LogP contribution in [0, 0.1) is 0 Å². The Labute approximate surface area is 74.8 Å². The van der Waals surface area contributed by atoms with Gasteiger partial charge in [-0.15, -0.1) is 0 Å². The van der Waals surface area contributed by atoms with Crippen LogP contribution in [0.2, 0.25) is 0 Å². The van der Waals surface area contributed by atoms with E-state index in [4.69, 9.17) is 4.42 Å². The minimum absolute atomic E-state index is 0.914. The zero-order valence-electron chi connectivity index (χ0n) is 6.90. The van der Waals surface area contributed by atoms with Crippen molar-refractivity contribution in [1.82, 2.24) is 4.98 Å². The second-order valence-electron chi connectivity index (χ2n) is 2.97. The molecule has 2 heterocycles. The average Bonchev–Trinajstić information content (AvgIpc) is 2.65. The maximum absolute atomic E-state index is 5.44. The van der Waals surface area contributed by atoms with Crippen LogP contribution in [0.3, 0.4) is 0 Å². The second kappa shape index (κ2) is 2.33. The number of fused-ring (bicyclic) bond motifs is 3. The summed E-state index contributed by atoms with van der Waals surface area (Å²) in [7, 11) is 0. The molecule has 2 nitrogen and oxygen atoms in total. The fourth-order valence-corrected chi connectivity index (χ4v) is 1.58. The molecule has 13 heavy (non-hydrogen) atoms. The molecular formula is C11H7NO. The maximum Gasteiger partial charge on any atom is 0.143 e. The zero-order valence-corrected chi connectivity index (χ0v) is 6.90. The molecule has 0 fully saturated rings. The van der Waals surface area contributed by atoms with Gasteiger partial charge in [0.25, 0.3) is 0 Å². The molecule has 3 aromatic rings. The summed E-state index contributed by atoms with van der Waals surface area (Å²) in [5.41, 5.74) is 1.90. The van der Waals surface area contributed by atoms with Crippen molar-refractivity contribution in [2.45, 2.75) is 0 Å². The third-order valence-corrected chi connectivity index (χ3v) is 2.20. The van der Waals surface area contributed by atoms with Crippen LogP contribution in [0.25, 0.3) is 21.9 Å². The number of benzene rings is 1. The Morgan fingerprint density at radius 3 is 3.08 bits per heavy atom. The van der Waals surface area contributed by atoms with Crippen LogP contribution in [-0.4, -0.2) is 4.98 Å². The molecule has 0 bridgehead atoms. The first-order chi connectivity index (χ1) is 6.45. The lowest BCUT2D eigenvalue weighted by Crippen LogP contribution is -1.72. The molecule has 0 aliphatic carbocycles.